The first-order chi connectivity index (χ1) is 9.04. The highest BCUT2D eigenvalue weighted by Crippen LogP contribution is 2.37. The first-order valence-electron chi connectivity index (χ1n) is 5.63. The summed E-state index contributed by atoms with van der Waals surface area (Å²) < 4.78 is 5.25. The van der Waals surface area contributed by atoms with Crippen LogP contribution in [0.4, 0.5) is 11.4 Å². The Morgan fingerprint density at radius 1 is 1.47 bits per heavy atom. The van der Waals surface area contributed by atoms with Crippen molar-refractivity contribution < 1.29 is 14.8 Å². The molecule has 19 heavy (non-hydrogen) atoms. The van der Waals surface area contributed by atoms with Crippen molar-refractivity contribution in [3.63, 3.8) is 0 Å². The van der Waals surface area contributed by atoms with Crippen molar-refractivity contribution in [1.29, 1.82) is 0 Å². The summed E-state index contributed by atoms with van der Waals surface area (Å²) in [6, 6.07) is 2.35. The molecule has 1 aromatic carbocycles. The van der Waals surface area contributed by atoms with E-state index in [0.717, 1.165) is 0 Å². The third-order valence-electron chi connectivity index (χ3n) is 2.96. The van der Waals surface area contributed by atoms with Gasteiger partial charge in [-0.2, -0.15) is 0 Å². The van der Waals surface area contributed by atoms with Gasteiger partial charge in [-0.3, -0.25) is 10.1 Å². The summed E-state index contributed by atoms with van der Waals surface area (Å²) >= 11 is 11.7. The molecule has 1 saturated heterocycles. The second kappa shape index (κ2) is 5.92. The maximum Gasteiger partial charge on any atom is 0.294 e. The fraction of sp³-hybridized carbons (Fsp3) is 0.455. The monoisotopic (exact) mass is 306 g/mol. The van der Waals surface area contributed by atoms with Gasteiger partial charge in [0.15, 0.2) is 0 Å². The molecule has 1 aromatic rings. The van der Waals surface area contributed by atoms with Crippen molar-refractivity contribution in [2.24, 2.45) is 0 Å². The zero-order valence-electron chi connectivity index (χ0n) is 9.88. The molecule has 1 heterocycles. The third kappa shape index (κ3) is 2.92. The topological polar surface area (TPSA) is 75.8 Å². The molecule has 0 amide bonds. The SMILES string of the molecule is O=[N+]([O-])c1cc(Cl)c(Cl)cc1N1CCOCC1CO. The highest BCUT2D eigenvalue weighted by atomic mass is 35.5. The number of hydrogen-bond donors (Lipinski definition) is 1. The molecule has 0 aliphatic carbocycles. The Morgan fingerprint density at radius 2 is 2.16 bits per heavy atom. The van der Waals surface area contributed by atoms with Gasteiger partial charge in [-0.15, -0.1) is 0 Å². The number of aliphatic hydroxyl groups excluding tert-OH is 1. The van der Waals surface area contributed by atoms with E-state index < -0.39 is 4.92 Å². The fourth-order valence-electron chi connectivity index (χ4n) is 2.03. The minimum absolute atomic E-state index is 0.130. The first kappa shape index (κ1) is 14.3. The van der Waals surface area contributed by atoms with Crippen LogP contribution >= 0.6 is 23.2 Å². The van der Waals surface area contributed by atoms with Gasteiger partial charge in [-0.25, -0.2) is 0 Å². The van der Waals surface area contributed by atoms with Crippen LogP contribution in [-0.4, -0.2) is 42.4 Å². The summed E-state index contributed by atoms with van der Waals surface area (Å²) in [5, 5.41) is 20.8. The first-order valence-corrected chi connectivity index (χ1v) is 6.39. The third-order valence-corrected chi connectivity index (χ3v) is 3.68. The van der Waals surface area contributed by atoms with E-state index in [9.17, 15) is 15.2 Å². The molecule has 1 fully saturated rings. The summed E-state index contributed by atoms with van der Waals surface area (Å²) in [7, 11) is 0. The van der Waals surface area contributed by atoms with Crippen LogP contribution < -0.4 is 4.90 Å². The Kier molecular flexibility index (Phi) is 4.46. The predicted molar refractivity (Wildman–Crippen MR) is 72.2 cm³/mol. The minimum Gasteiger partial charge on any atom is -0.394 e. The normalized spacial score (nSPS) is 19.5. The number of halogens is 2. The quantitative estimate of drug-likeness (QED) is 0.683. The van der Waals surface area contributed by atoms with Crippen LogP contribution in [-0.2, 0) is 4.74 Å². The fourth-order valence-corrected chi connectivity index (χ4v) is 2.34. The smallest absolute Gasteiger partial charge is 0.294 e. The predicted octanol–water partition coefficient (Wildman–Crippen LogP) is 2.10. The number of rotatable bonds is 3. The maximum atomic E-state index is 11.1. The molecule has 1 unspecified atom stereocenters. The lowest BCUT2D eigenvalue weighted by atomic mass is 10.1. The molecule has 104 valence electrons. The minimum atomic E-state index is -0.512. The second-order valence-corrected chi connectivity index (χ2v) is 4.93. The molecule has 0 radical (unpaired) electrons. The molecule has 6 nitrogen and oxygen atoms in total. The molecule has 8 heteroatoms. The van der Waals surface area contributed by atoms with Crippen LogP contribution in [0.2, 0.25) is 10.0 Å². The van der Waals surface area contributed by atoms with E-state index in [1.807, 2.05) is 0 Å². The summed E-state index contributed by atoms with van der Waals surface area (Å²) in [5.74, 6) is 0. The molecule has 0 spiro atoms. The molecule has 0 aromatic heterocycles. The Balaban J connectivity index is 2.47. The van der Waals surface area contributed by atoms with E-state index >= 15 is 0 Å². The van der Waals surface area contributed by atoms with Crippen molar-refractivity contribution in [2.75, 3.05) is 31.3 Å². The van der Waals surface area contributed by atoms with Gasteiger partial charge in [-0.1, -0.05) is 23.2 Å². The van der Waals surface area contributed by atoms with Crippen LogP contribution in [0.5, 0.6) is 0 Å². The van der Waals surface area contributed by atoms with Crippen LogP contribution in [0.3, 0.4) is 0 Å². The van der Waals surface area contributed by atoms with Gasteiger partial charge in [0.2, 0.25) is 0 Å². The molecule has 1 atom stereocenters. The van der Waals surface area contributed by atoms with E-state index in [-0.39, 0.29) is 28.4 Å². The van der Waals surface area contributed by atoms with Gasteiger partial charge in [0.05, 0.1) is 40.8 Å². The van der Waals surface area contributed by atoms with Crippen molar-refractivity contribution in [1.82, 2.24) is 0 Å². The number of hydrogen-bond acceptors (Lipinski definition) is 5. The van der Waals surface area contributed by atoms with E-state index in [2.05, 4.69) is 0 Å². The van der Waals surface area contributed by atoms with E-state index in [1.165, 1.54) is 12.1 Å². The van der Waals surface area contributed by atoms with Crippen LogP contribution in [0, 0.1) is 10.1 Å². The number of aliphatic hydroxyl groups is 1. The summed E-state index contributed by atoms with van der Waals surface area (Å²) in [4.78, 5) is 12.3. The summed E-state index contributed by atoms with van der Waals surface area (Å²) in [5.41, 5.74) is 0.219. The van der Waals surface area contributed by atoms with Crippen LogP contribution in [0.15, 0.2) is 12.1 Å². The molecular weight excluding hydrogens is 295 g/mol. The standard InChI is InChI=1S/C11H12Cl2N2O4/c12-8-3-10(11(15(17)18)4-9(8)13)14-1-2-19-6-7(14)5-16/h3-4,7,16H,1-2,5-6H2. The summed E-state index contributed by atoms with van der Waals surface area (Å²) in [6.07, 6.45) is 0. The van der Waals surface area contributed by atoms with Gasteiger partial charge in [0.25, 0.3) is 5.69 Å². The van der Waals surface area contributed by atoms with Crippen molar-refractivity contribution >= 4 is 34.6 Å². The molecule has 0 saturated carbocycles. The van der Waals surface area contributed by atoms with Gasteiger partial charge < -0.3 is 14.7 Å². The zero-order valence-corrected chi connectivity index (χ0v) is 11.4. The van der Waals surface area contributed by atoms with E-state index in [1.54, 1.807) is 4.90 Å². The highest BCUT2D eigenvalue weighted by Gasteiger charge is 2.29. The molecule has 1 aliphatic heterocycles. The lowest BCUT2D eigenvalue weighted by molar-refractivity contribution is -0.384. The molecule has 2 rings (SSSR count). The van der Waals surface area contributed by atoms with Crippen molar-refractivity contribution in [3.05, 3.63) is 32.3 Å². The number of nitrogens with zero attached hydrogens (tertiary/aromatic N) is 2. The average Bonchev–Trinajstić information content (AvgIpc) is 2.41. The van der Waals surface area contributed by atoms with E-state index in [4.69, 9.17) is 27.9 Å². The number of morpholine rings is 1. The van der Waals surface area contributed by atoms with Crippen molar-refractivity contribution in [3.8, 4) is 0 Å². The summed E-state index contributed by atoms with van der Waals surface area (Å²) in [6.45, 7) is 1.04. The molecule has 1 N–H and O–H groups in total. The van der Waals surface area contributed by atoms with Crippen LogP contribution in [0.1, 0.15) is 0 Å². The highest BCUT2D eigenvalue weighted by molar-refractivity contribution is 6.42. The van der Waals surface area contributed by atoms with E-state index in [0.29, 0.717) is 25.4 Å². The number of anilines is 1. The largest absolute Gasteiger partial charge is 0.394 e. The van der Waals surface area contributed by atoms with Crippen molar-refractivity contribution in [2.45, 2.75) is 6.04 Å². The lowest BCUT2D eigenvalue weighted by Gasteiger charge is -2.36. The second-order valence-electron chi connectivity index (χ2n) is 4.12. The van der Waals surface area contributed by atoms with Gasteiger partial charge >= 0.3 is 0 Å². The molecular formula is C11H12Cl2N2O4. The van der Waals surface area contributed by atoms with Crippen LogP contribution in [0.25, 0.3) is 0 Å². The number of nitro benzene ring substituents is 1. The zero-order chi connectivity index (χ0) is 14.0. The molecule has 1 aliphatic rings. The lowest BCUT2D eigenvalue weighted by Crippen LogP contribution is -2.47. The van der Waals surface area contributed by atoms with Gasteiger partial charge in [-0.05, 0) is 6.07 Å². The van der Waals surface area contributed by atoms with Gasteiger partial charge in [0.1, 0.15) is 5.69 Å². The Bertz CT molecular complexity index is 498. The Hall–Kier alpha value is -1.08. The number of benzene rings is 1. The Labute approximate surface area is 119 Å². The Morgan fingerprint density at radius 3 is 2.79 bits per heavy atom. The number of ether oxygens (including phenoxy) is 1. The number of nitro groups is 1. The molecule has 0 bridgehead atoms. The average molecular weight is 307 g/mol. The maximum absolute atomic E-state index is 11.1. The van der Waals surface area contributed by atoms with Gasteiger partial charge in [0, 0.05) is 12.6 Å².